The van der Waals surface area contributed by atoms with Crippen LogP contribution in [0.4, 0.5) is 0 Å². The van der Waals surface area contributed by atoms with Crippen LogP contribution in [-0.2, 0) is 9.53 Å². The largest absolute Gasteiger partial charge is 0.480 e. The van der Waals surface area contributed by atoms with Crippen LogP contribution in [0.25, 0.3) is 0 Å². The molecule has 0 aromatic rings. The number of carbonyl (C=O) groups is 1. The first-order valence-corrected chi connectivity index (χ1v) is 6.10. The molecule has 2 atom stereocenters. The fourth-order valence-corrected chi connectivity index (χ4v) is 1.64. The highest BCUT2D eigenvalue weighted by atomic mass is 16.5. The molecule has 1 fully saturated rings. The standard InChI is InChI=1S/C12H23NO3/c1-4-5-9(2)16-8-12(3,11(14)15)13-10-6-7-10/h9-10,13H,4-8H2,1-3H3,(H,14,15). The van der Waals surface area contributed by atoms with Gasteiger partial charge in [0.1, 0.15) is 5.54 Å². The maximum Gasteiger partial charge on any atom is 0.326 e. The fourth-order valence-electron chi connectivity index (χ4n) is 1.64. The van der Waals surface area contributed by atoms with E-state index in [4.69, 9.17) is 4.74 Å². The van der Waals surface area contributed by atoms with E-state index in [1.165, 1.54) is 0 Å². The molecule has 1 aliphatic rings. The quantitative estimate of drug-likeness (QED) is 0.666. The number of hydrogen-bond donors (Lipinski definition) is 2. The van der Waals surface area contributed by atoms with E-state index in [2.05, 4.69) is 12.2 Å². The molecule has 0 aliphatic heterocycles. The maximum absolute atomic E-state index is 11.2. The Morgan fingerprint density at radius 2 is 2.25 bits per heavy atom. The normalized spacial score (nSPS) is 21.4. The van der Waals surface area contributed by atoms with E-state index >= 15 is 0 Å². The highest BCUT2D eigenvalue weighted by Gasteiger charge is 2.39. The van der Waals surface area contributed by atoms with Crippen molar-refractivity contribution in [2.45, 2.75) is 64.1 Å². The SMILES string of the molecule is CCCC(C)OCC(C)(NC1CC1)C(=O)O. The number of rotatable bonds is 8. The van der Waals surface area contributed by atoms with Crippen molar-refractivity contribution in [1.29, 1.82) is 0 Å². The number of carboxylic acid groups (broad SMARTS) is 1. The zero-order valence-corrected chi connectivity index (χ0v) is 10.5. The lowest BCUT2D eigenvalue weighted by Gasteiger charge is -2.27. The van der Waals surface area contributed by atoms with Crippen molar-refractivity contribution in [1.82, 2.24) is 5.32 Å². The minimum absolute atomic E-state index is 0.129. The van der Waals surface area contributed by atoms with Gasteiger partial charge >= 0.3 is 5.97 Å². The second-order valence-electron chi connectivity index (χ2n) is 4.97. The van der Waals surface area contributed by atoms with Crippen molar-refractivity contribution < 1.29 is 14.6 Å². The van der Waals surface area contributed by atoms with Gasteiger partial charge in [-0.3, -0.25) is 10.1 Å². The van der Waals surface area contributed by atoms with E-state index in [0.717, 1.165) is 25.7 Å². The van der Waals surface area contributed by atoms with Gasteiger partial charge in [0.25, 0.3) is 0 Å². The highest BCUT2D eigenvalue weighted by molar-refractivity contribution is 5.78. The number of aliphatic carboxylic acids is 1. The van der Waals surface area contributed by atoms with Crippen molar-refractivity contribution in [3.8, 4) is 0 Å². The summed E-state index contributed by atoms with van der Waals surface area (Å²) < 4.78 is 5.59. The summed E-state index contributed by atoms with van der Waals surface area (Å²) in [5, 5.41) is 12.3. The van der Waals surface area contributed by atoms with Gasteiger partial charge in [0, 0.05) is 6.04 Å². The molecule has 0 aromatic heterocycles. The van der Waals surface area contributed by atoms with E-state index in [0.29, 0.717) is 6.04 Å². The van der Waals surface area contributed by atoms with Crippen molar-refractivity contribution in [3.63, 3.8) is 0 Å². The first kappa shape index (κ1) is 13.5. The van der Waals surface area contributed by atoms with Gasteiger partial charge in [-0.25, -0.2) is 0 Å². The summed E-state index contributed by atoms with van der Waals surface area (Å²) in [5.74, 6) is -0.830. The Balaban J connectivity index is 2.40. The third kappa shape index (κ3) is 4.10. The predicted molar refractivity (Wildman–Crippen MR) is 62.5 cm³/mol. The molecule has 0 saturated heterocycles. The average molecular weight is 229 g/mol. The summed E-state index contributed by atoms with van der Waals surface area (Å²) in [6.45, 7) is 6.02. The lowest BCUT2D eigenvalue weighted by Crippen LogP contribution is -2.54. The molecule has 2 N–H and O–H groups in total. The topological polar surface area (TPSA) is 58.6 Å². The van der Waals surface area contributed by atoms with E-state index in [9.17, 15) is 9.90 Å². The van der Waals surface area contributed by atoms with Gasteiger partial charge in [0.2, 0.25) is 0 Å². The third-order valence-electron chi connectivity index (χ3n) is 2.92. The van der Waals surface area contributed by atoms with Crippen LogP contribution in [0.1, 0.15) is 46.5 Å². The summed E-state index contributed by atoms with van der Waals surface area (Å²) in [4.78, 5) is 11.2. The molecular formula is C12H23NO3. The molecular weight excluding hydrogens is 206 g/mol. The van der Waals surface area contributed by atoms with Gasteiger partial charge in [0.15, 0.2) is 0 Å². The molecule has 4 heteroatoms. The molecule has 0 spiro atoms. The molecule has 1 aliphatic carbocycles. The number of hydrogen-bond acceptors (Lipinski definition) is 3. The van der Waals surface area contributed by atoms with E-state index in [1.54, 1.807) is 6.92 Å². The Kier molecular flexibility index (Phi) is 4.74. The van der Waals surface area contributed by atoms with Crippen molar-refractivity contribution in [3.05, 3.63) is 0 Å². The number of carboxylic acids is 1. The second-order valence-corrected chi connectivity index (χ2v) is 4.97. The van der Waals surface area contributed by atoms with E-state index < -0.39 is 11.5 Å². The molecule has 94 valence electrons. The summed E-state index contributed by atoms with van der Waals surface area (Å²) >= 11 is 0. The maximum atomic E-state index is 11.2. The molecule has 1 rings (SSSR count). The van der Waals surface area contributed by atoms with Crippen LogP contribution in [-0.4, -0.2) is 35.4 Å². The molecule has 4 nitrogen and oxygen atoms in total. The van der Waals surface area contributed by atoms with Crippen LogP contribution in [0.2, 0.25) is 0 Å². The molecule has 2 unspecified atom stereocenters. The van der Waals surface area contributed by atoms with Gasteiger partial charge in [-0.1, -0.05) is 13.3 Å². The van der Waals surface area contributed by atoms with E-state index in [1.807, 2.05) is 6.92 Å². The van der Waals surface area contributed by atoms with Crippen molar-refractivity contribution in [2.24, 2.45) is 0 Å². The minimum atomic E-state index is -0.941. The van der Waals surface area contributed by atoms with Gasteiger partial charge in [-0.05, 0) is 33.1 Å². The van der Waals surface area contributed by atoms with E-state index in [-0.39, 0.29) is 12.7 Å². The Morgan fingerprint density at radius 1 is 1.62 bits per heavy atom. The zero-order valence-electron chi connectivity index (χ0n) is 10.5. The Morgan fingerprint density at radius 3 is 2.69 bits per heavy atom. The first-order valence-electron chi connectivity index (χ1n) is 6.10. The molecule has 1 saturated carbocycles. The minimum Gasteiger partial charge on any atom is -0.480 e. The van der Waals surface area contributed by atoms with Crippen LogP contribution in [0, 0.1) is 0 Å². The lowest BCUT2D eigenvalue weighted by atomic mass is 10.0. The molecule has 16 heavy (non-hydrogen) atoms. The first-order chi connectivity index (χ1) is 7.48. The monoisotopic (exact) mass is 229 g/mol. The van der Waals surface area contributed by atoms with Crippen LogP contribution in [0.3, 0.4) is 0 Å². The molecule has 0 aromatic carbocycles. The van der Waals surface area contributed by atoms with Crippen LogP contribution < -0.4 is 5.32 Å². The smallest absolute Gasteiger partial charge is 0.326 e. The van der Waals surface area contributed by atoms with Crippen molar-refractivity contribution in [2.75, 3.05) is 6.61 Å². The van der Waals surface area contributed by atoms with Gasteiger partial charge < -0.3 is 9.84 Å². The van der Waals surface area contributed by atoms with Crippen molar-refractivity contribution >= 4 is 5.97 Å². The summed E-state index contributed by atoms with van der Waals surface area (Å²) in [7, 11) is 0. The third-order valence-corrected chi connectivity index (χ3v) is 2.92. The Hall–Kier alpha value is -0.610. The molecule has 0 radical (unpaired) electrons. The van der Waals surface area contributed by atoms with Gasteiger partial charge in [-0.15, -0.1) is 0 Å². The van der Waals surface area contributed by atoms with Crippen LogP contribution in [0.5, 0.6) is 0 Å². The molecule has 0 amide bonds. The van der Waals surface area contributed by atoms with Crippen LogP contribution in [0.15, 0.2) is 0 Å². The summed E-state index contributed by atoms with van der Waals surface area (Å²) in [6.07, 6.45) is 4.31. The number of ether oxygens (including phenoxy) is 1. The zero-order chi connectivity index (χ0) is 12.2. The number of nitrogens with one attached hydrogen (secondary N) is 1. The average Bonchev–Trinajstić information content (AvgIpc) is 2.99. The predicted octanol–water partition coefficient (Wildman–Crippen LogP) is 1.79. The summed E-state index contributed by atoms with van der Waals surface area (Å²) in [5.41, 5.74) is -0.941. The van der Waals surface area contributed by atoms with Gasteiger partial charge in [0.05, 0.1) is 12.7 Å². The summed E-state index contributed by atoms with van der Waals surface area (Å²) in [6, 6.07) is 0.367. The molecule has 0 heterocycles. The lowest BCUT2D eigenvalue weighted by molar-refractivity contribution is -0.148. The molecule has 0 bridgehead atoms. The highest BCUT2D eigenvalue weighted by Crippen LogP contribution is 2.23. The fraction of sp³-hybridized carbons (Fsp3) is 0.917. The Labute approximate surface area is 97.4 Å². The Bertz CT molecular complexity index is 240. The second kappa shape index (κ2) is 5.64. The van der Waals surface area contributed by atoms with Gasteiger partial charge in [-0.2, -0.15) is 0 Å². The van der Waals surface area contributed by atoms with Crippen LogP contribution >= 0.6 is 0 Å².